The highest BCUT2D eigenvalue weighted by atomic mass is 32.1. The van der Waals surface area contributed by atoms with Crippen LogP contribution in [0.3, 0.4) is 0 Å². The van der Waals surface area contributed by atoms with E-state index in [1.165, 1.54) is 18.4 Å². The predicted octanol–water partition coefficient (Wildman–Crippen LogP) is 1.38. The van der Waals surface area contributed by atoms with Gasteiger partial charge >= 0.3 is 5.97 Å². The molecular weight excluding hydrogens is 282 g/mol. The van der Waals surface area contributed by atoms with Crippen LogP contribution >= 0.6 is 11.3 Å². The number of carbonyl (C=O) groups is 2. The molecular formula is C13H17NO5S. The molecule has 1 saturated heterocycles. The fraction of sp³-hybridized carbons (Fsp3) is 0.538. The second-order valence-electron chi connectivity index (χ2n) is 4.60. The molecule has 1 N–H and O–H groups in total. The summed E-state index contributed by atoms with van der Waals surface area (Å²) in [5.74, 6) is -0.480. The zero-order chi connectivity index (χ0) is 14.7. The monoisotopic (exact) mass is 299 g/mol. The number of carboxylic acid groups (broad SMARTS) is 1. The average Bonchev–Trinajstić information content (AvgIpc) is 2.78. The first kappa shape index (κ1) is 14.8. The van der Waals surface area contributed by atoms with Gasteiger partial charge < -0.3 is 19.5 Å². The summed E-state index contributed by atoms with van der Waals surface area (Å²) < 4.78 is 10.6. The predicted molar refractivity (Wildman–Crippen MR) is 73.5 cm³/mol. The van der Waals surface area contributed by atoms with Crippen molar-refractivity contribution in [3.63, 3.8) is 0 Å². The molecule has 0 spiro atoms. The Kier molecular flexibility index (Phi) is 4.61. The molecule has 0 aromatic carbocycles. The molecule has 0 aliphatic carbocycles. The largest absolute Gasteiger partial charge is 0.495 e. The minimum Gasteiger partial charge on any atom is -0.495 e. The van der Waals surface area contributed by atoms with E-state index in [2.05, 4.69) is 0 Å². The summed E-state index contributed by atoms with van der Waals surface area (Å²) in [7, 11) is 1.53. The zero-order valence-electron chi connectivity index (χ0n) is 11.4. The molecule has 1 atom stereocenters. The molecule has 1 amide bonds. The smallest absolute Gasteiger partial charge is 0.306 e. The Balaban J connectivity index is 2.10. The van der Waals surface area contributed by atoms with Crippen LogP contribution in [-0.4, -0.2) is 54.8 Å². The number of aryl methyl sites for hydroxylation is 1. The van der Waals surface area contributed by atoms with E-state index in [0.717, 1.165) is 4.88 Å². The lowest BCUT2D eigenvalue weighted by atomic mass is 10.2. The highest BCUT2D eigenvalue weighted by Gasteiger charge is 2.29. The number of carbonyl (C=O) groups excluding carboxylic acids is 1. The van der Waals surface area contributed by atoms with Crippen LogP contribution in [0.5, 0.6) is 5.75 Å². The third kappa shape index (κ3) is 3.29. The summed E-state index contributed by atoms with van der Waals surface area (Å²) in [6.45, 7) is 3.03. The Morgan fingerprint density at radius 3 is 3.00 bits per heavy atom. The maximum Gasteiger partial charge on any atom is 0.306 e. The number of amides is 1. The van der Waals surface area contributed by atoms with Crippen molar-refractivity contribution < 1.29 is 24.2 Å². The summed E-state index contributed by atoms with van der Waals surface area (Å²) in [5, 5.41) is 8.79. The molecule has 1 aliphatic heterocycles. The van der Waals surface area contributed by atoms with E-state index in [4.69, 9.17) is 14.6 Å². The summed E-state index contributed by atoms with van der Waals surface area (Å²) in [4.78, 5) is 26.4. The van der Waals surface area contributed by atoms with Gasteiger partial charge in [-0.25, -0.2) is 0 Å². The summed E-state index contributed by atoms with van der Waals surface area (Å²) >= 11 is 1.38. The van der Waals surface area contributed by atoms with Gasteiger partial charge in [0.25, 0.3) is 5.91 Å². The molecule has 1 fully saturated rings. The number of carboxylic acids is 1. The second-order valence-corrected chi connectivity index (χ2v) is 5.85. The van der Waals surface area contributed by atoms with E-state index in [-0.39, 0.29) is 12.3 Å². The van der Waals surface area contributed by atoms with Crippen molar-refractivity contribution >= 4 is 23.2 Å². The van der Waals surface area contributed by atoms with Crippen molar-refractivity contribution in [2.24, 2.45) is 0 Å². The van der Waals surface area contributed by atoms with Crippen LogP contribution in [-0.2, 0) is 9.53 Å². The van der Waals surface area contributed by atoms with Gasteiger partial charge in [0.1, 0.15) is 10.6 Å². The molecule has 6 nitrogen and oxygen atoms in total. The van der Waals surface area contributed by atoms with Crippen LogP contribution in [0.15, 0.2) is 6.07 Å². The third-order valence-corrected chi connectivity index (χ3v) is 4.08. The van der Waals surface area contributed by atoms with E-state index < -0.39 is 12.1 Å². The first-order valence-electron chi connectivity index (χ1n) is 6.28. The molecule has 2 rings (SSSR count). The number of ether oxygens (including phenoxy) is 2. The molecule has 1 aromatic heterocycles. The van der Waals surface area contributed by atoms with Gasteiger partial charge in [-0.05, 0) is 13.0 Å². The maximum absolute atomic E-state index is 12.5. The van der Waals surface area contributed by atoms with Crippen LogP contribution in [0.4, 0.5) is 0 Å². The minimum atomic E-state index is -0.922. The Morgan fingerprint density at radius 2 is 2.35 bits per heavy atom. The van der Waals surface area contributed by atoms with Gasteiger partial charge in [0.2, 0.25) is 0 Å². The van der Waals surface area contributed by atoms with Gasteiger partial charge in [-0.15, -0.1) is 11.3 Å². The van der Waals surface area contributed by atoms with Gasteiger partial charge in [0, 0.05) is 18.0 Å². The van der Waals surface area contributed by atoms with E-state index in [1.807, 2.05) is 13.0 Å². The van der Waals surface area contributed by atoms with Crippen molar-refractivity contribution in [2.45, 2.75) is 19.4 Å². The number of nitrogens with zero attached hydrogens (tertiary/aromatic N) is 1. The molecule has 0 bridgehead atoms. The summed E-state index contributed by atoms with van der Waals surface area (Å²) in [6.07, 6.45) is -0.540. The molecule has 2 heterocycles. The number of thiophene rings is 1. The molecule has 7 heteroatoms. The number of morpholine rings is 1. The fourth-order valence-electron chi connectivity index (χ4n) is 2.16. The number of hydrogen-bond acceptors (Lipinski definition) is 5. The number of rotatable bonds is 4. The number of methoxy groups -OCH3 is 1. The molecule has 0 unspecified atom stereocenters. The first-order valence-corrected chi connectivity index (χ1v) is 7.10. The highest BCUT2D eigenvalue weighted by Crippen LogP contribution is 2.30. The molecule has 0 saturated carbocycles. The lowest BCUT2D eigenvalue weighted by Crippen LogP contribution is -2.46. The minimum absolute atomic E-state index is 0.0929. The quantitative estimate of drug-likeness (QED) is 0.909. The standard InChI is InChI=1S/C13H17NO5S/c1-8-5-10(18-2)12(20-8)13(17)14-3-4-19-9(7-14)6-11(15)16/h5,9H,3-4,6-7H2,1-2H3,(H,15,16)/t9-/m1/s1. The third-order valence-electron chi connectivity index (χ3n) is 3.06. The lowest BCUT2D eigenvalue weighted by Gasteiger charge is -2.32. The number of hydrogen-bond donors (Lipinski definition) is 1. The molecule has 110 valence electrons. The zero-order valence-corrected chi connectivity index (χ0v) is 12.2. The topological polar surface area (TPSA) is 76.1 Å². The fourth-order valence-corrected chi connectivity index (χ4v) is 3.10. The lowest BCUT2D eigenvalue weighted by molar-refractivity contribution is -0.141. The average molecular weight is 299 g/mol. The van der Waals surface area contributed by atoms with Crippen molar-refractivity contribution in [1.29, 1.82) is 0 Å². The van der Waals surface area contributed by atoms with Crippen LogP contribution in [0.1, 0.15) is 21.0 Å². The van der Waals surface area contributed by atoms with E-state index >= 15 is 0 Å². The Hall–Kier alpha value is -1.60. The van der Waals surface area contributed by atoms with Gasteiger partial charge in [-0.3, -0.25) is 9.59 Å². The molecule has 0 radical (unpaired) electrons. The van der Waals surface area contributed by atoms with Crippen molar-refractivity contribution in [3.05, 3.63) is 15.8 Å². The van der Waals surface area contributed by atoms with Crippen molar-refractivity contribution in [1.82, 2.24) is 4.90 Å². The van der Waals surface area contributed by atoms with Crippen molar-refractivity contribution in [3.8, 4) is 5.75 Å². The Bertz CT molecular complexity index is 513. The van der Waals surface area contributed by atoms with E-state index in [0.29, 0.717) is 30.3 Å². The van der Waals surface area contributed by atoms with Crippen LogP contribution in [0, 0.1) is 6.92 Å². The van der Waals surface area contributed by atoms with Gasteiger partial charge in [0.15, 0.2) is 0 Å². The Labute approximate surface area is 120 Å². The van der Waals surface area contributed by atoms with Gasteiger partial charge in [-0.2, -0.15) is 0 Å². The molecule has 1 aliphatic rings. The van der Waals surface area contributed by atoms with Crippen LogP contribution in [0.25, 0.3) is 0 Å². The van der Waals surface area contributed by atoms with E-state index in [9.17, 15) is 9.59 Å². The molecule has 1 aromatic rings. The summed E-state index contributed by atoms with van der Waals surface area (Å²) in [5.41, 5.74) is 0. The number of aliphatic carboxylic acids is 1. The Morgan fingerprint density at radius 1 is 1.60 bits per heavy atom. The maximum atomic E-state index is 12.5. The highest BCUT2D eigenvalue weighted by molar-refractivity contribution is 7.14. The SMILES string of the molecule is COc1cc(C)sc1C(=O)N1CCO[C@H](CC(=O)O)C1. The van der Waals surface area contributed by atoms with E-state index in [1.54, 1.807) is 4.90 Å². The normalized spacial score (nSPS) is 18.9. The van der Waals surface area contributed by atoms with Crippen LogP contribution in [0.2, 0.25) is 0 Å². The van der Waals surface area contributed by atoms with Crippen LogP contribution < -0.4 is 4.74 Å². The van der Waals surface area contributed by atoms with Gasteiger partial charge in [0.05, 0.1) is 26.2 Å². The van der Waals surface area contributed by atoms with Crippen molar-refractivity contribution in [2.75, 3.05) is 26.8 Å². The second kappa shape index (κ2) is 6.23. The van der Waals surface area contributed by atoms with Gasteiger partial charge in [-0.1, -0.05) is 0 Å². The summed E-state index contributed by atoms with van der Waals surface area (Å²) in [6, 6.07) is 1.83. The molecule has 20 heavy (non-hydrogen) atoms. The first-order chi connectivity index (χ1) is 9.51.